The van der Waals surface area contributed by atoms with E-state index in [4.69, 9.17) is 5.73 Å². The summed E-state index contributed by atoms with van der Waals surface area (Å²) in [6, 6.07) is 3.89. The number of aromatic nitrogens is 1. The number of piperidine rings is 1. The maximum Gasteiger partial charge on any atom is 0.239 e. The highest BCUT2D eigenvalue weighted by Gasteiger charge is 2.23. The van der Waals surface area contributed by atoms with E-state index in [-0.39, 0.29) is 11.9 Å². The standard InChI is InChI=1S/C14H21BrN4O/c1-10(16)11-4-6-19(7-5-11)9-14(20)18-13-3-2-12(15)8-17-13/h2-3,8,10-11H,4-7,9,16H2,1H3,(H,17,18,20). The van der Waals surface area contributed by atoms with Gasteiger partial charge >= 0.3 is 0 Å². The lowest BCUT2D eigenvalue weighted by molar-refractivity contribution is -0.117. The van der Waals surface area contributed by atoms with Crippen molar-refractivity contribution in [3.63, 3.8) is 0 Å². The molecule has 110 valence electrons. The Morgan fingerprint density at radius 1 is 1.55 bits per heavy atom. The van der Waals surface area contributed by atoms with Crippen molar-refractivity contribution in [2.24, 2.45) is 11.7 Å². The minimum atomic E-state index is -0.0148. The molecule has 0 aliphatic carbocycles. The van der Waals surface area contributed by atoms with E-state index in [0.29, 0.717) is 18.3 Å². The van der Waals surface area contributed by atoms with Crippen LogP contribution in [0, 0.1) is 5.92 Å². The average Bonchev–Trinajstić information content (AvgIpc) is 2.42. The Labute approximate surface area is 128 Å². The second kappa shape index (κ2) is 7.15. The number of hydrogen-bond acceptors (Lipinski definition) is 4. The largest absolute Gasteiger partial charge is 0.328 e. The van der Waals surface area contributed by atoms with Gasteiger partial charge in [0.1, 0.15) is 5.82 Å². The minimum absolute atomic E-state index is 0.0148. The van der Waals surface area contributed by atoms with Gasteiger partial charge in [-0.2, -0.15) is 0 Å². The zero-order valence-electron chi connectivity index (χ0n) is 11.7. The number of hydrogen-bond donors (Lipinski definition) is 2. The number of nitrogens with two attached hydrogens (primary N) is 1. The van der Waals surface area contributed by atoms with Crippen molar-refractivity contribution in [1.82, 2.24) is 9.88 Å². The smallest absolute Gasteiger partial charge is 0.239 e. The average molecular weight is 341 g/mol. The monoisotopic (exact) mass is 340 g/mol. The van der Waals surface area contributed by atoms with E-state index in [9.17, 15) is 4.79 Å². The number of amides is 1. The Bertz CT molecular complexity index is 441. The Balaban J connectivity index is 1.77. The molecule has 0 saturated carbocycles. The lowest BCUT2D eigenvalue weighted by atomic mass is 9.91. The molecule has 1 aliphatic rings. The molecule has 1 saturated heterocycles. The maximum absolute atomic E-state index is 12.0. The molecule has 1 fully saturated rings. The van der Waals surface area contributed by atoms with E-state index in [0.717, 1.165) is 30.4 Å². The maximum atomic E-state index is 12.0. The van der Waals surface area contributed by atoms with Crippen LogP contribution >= 0.6 is 15.9 Å². The molecule has 0 aromatic carbocycles. The van der Waals surface area contributed by atoms with E-state index in [1.807, 2.05) is 6.07 Å². The summed E-state index contributed by atoms with van der Waals surface area (Å²) in [5.41, 5.74) is 5.92. The summed E-state index contributed by atoms with van der Waals surface area (Å²) < 4.78 is 0.897. The number of likely N-dealkylation sites (tertiary alicyclic amines) is 1. The fraction of sp³-hybridized carbons (Fsp3) is 0.571. The van der Waals surface area contributed by atoms with Gasteiger partial charge in [-0.1, -0.05) is 0 Å². The van der Waals surface area contributed by atoms with Gasteiger partial charge in [-0.05, 0) is 66.8 Å². The number of rotatable bonds is 4. The first-order chi connectivity index (χ1) is 9.54. The molecule has 5 nitrogen and oxygen atoms in total. The first kappa shape index (κ1) is 15.4. The lowest BCUT2D eigenvalue weighted by Crippen LogP contribution is -2.42. The molecule has 3 N–H and O–H groups in total. The third kappa shape index (κ3) is 4.54. The molecule has 6 heteroatoms. The van der Waals surface area contributed by atoms with E-state index in [1.54, 1.807) is 12.3 Å². The third-order valence-corrected chi connectivity index (χ3v) is 4.21. The molecule has 1 atom stereocenters. The van der Waals surface area contributed by atoms with Crippen molar-refractivity contribution in [2.45, 2.75) is 25.8 Å². The van der Waals surface area contributed by atoms with Crippen molar-refractivity contribution in [2.75, 3.05) is 25.0 Å². The minimum Gasteiger partial charge on any atom is -0.328 e. The molecule has 0 bridgehead atoms. The highest BCUT2D eigenvalue weighted by atomic mass is 79.9. The Kier molecular flexibility index (Phi) is 5.51. The summed E-state index contributed by atoms with van der Waals surface area (Å²) >= 11 is 3.31. The Morgan fingerprint density at radius 2 is 2.25 bits per heavy atom. The first-order valence-corrected chi connectivity index (χ1v) is 7.73. The van der Waals surface area contributed by atoms with Crippen LogP contribution in [-0.4, -0.2) is 41.5 Å². The second-order valence-corrected chi connectivity index (χ2v) is 6.30. The predicted octanol–water partition coefficient (Wildman–Crippen LogP) is 1.84. The molecule has 0 radical (unpaired) electrons. The summed E-state index contributed by atoms with van der Waals surface area (Å²) in [6.45, 7) is 4.36. The van der Waals surface area contributed by atoms with Gasteiger partial charge in [0.2, 0.25) is 5.91 Å². The Morgan fingerprint density at radius 3 is 2.80 bits per heavy atom. The summed E-state index contributed by atoms with van der Waals surface area (Å²) in [7, 11) is 0. The number of halogens is 1. The van der Waals surface area contributed by atoms with Crippen molar-refractivity contribution in [3.05, 3.63) is 22.8 Å². The van der Waals surface area contributed by atoms with Gasteiger partial charge in [-0.15, -0.1) is 0 Å². The van der Waals surface area contributed by atoms with Crippen LogP contribution in [0.1, 0.15) is 19.8 Å². The van der Waals surface area contributed by atoms with Crippen LogP contribution in [0.5, 0.6) is 0 Å². The number of carbonyl (C=O) groups is 1. The normalized spacial score (nSPS) is 18.8. The van der Waals surface area contributed by atoms with Gasteiger partial charge in [0.05, 0.1) is 6.54 Å². The van der Waals surface area contributed by atoms with Crippen molar-refractivity contribution in [3.8, 4) is 0 Å². The highest BCUT2D eigenvalue weighted by Crippen LogP contribution is 2.19. The summed E-state index contributed by atoms with van der Waals surface area (Å²) in [6.07, 6.45) is 3.81. The zero-order chi connectivity index (χ0) is 14.5. The van der Waals surface area contributed by atoms with Crippen LogP contribution in [0.15, 0.2) is 22.8 Å². The molecular weight excluding hydrogens is 320 g/mol. The highest BCUT2D eigenvalue weighted by molar-refractivity contribution is 9.10. The molecule has 1 aromatic heterocycles. The van der Waals surface area contributed by atoms with Crippen LogP contribution in [-0.2, 0) is 4.79 Å². The van der Waals surface area contributed by atoms with Crippen LogP contribution in [0.3, 0.4) is 0 Å². The number of nitrogens with zero attached hydrogens (tertiary/aromatic N) is 2. The molecule has 1 aromatic rings. The van der Waals surface area contributed by atoms with Gasteiger partial charge < -0.3 is 11.1 Å². The summed E-state index contributed by atoms with van der Waals surface area (Å²) in [5, 5.41) is 2.81. The van der Waals surface area contributed by atoms with Crippen molar-refractivity contribution < 1.29 is 4.79 Å². The van der Waals surface area contributed by atoms with Gasteiger partial charge in [0.25, 0.3) is 0 Å². The third-order valence-electron chi connectivity index (χ3n) is 3.74. The SMILES string of the molecule is CC(N)C1CCN(CC(=O)Nc2ccc(Br)cn2)CC1. The molecule has 2 heterocycles. The predicted molar refractivity (Wildman–Crippen MR) is 83.4 cm³/mol. The van der Waals surface area contributed by atoms with Gasteiger partial charge in [0, 0.05) is 16.7 Å². The molecule has 1 aliphatic heterocycles. The van der Waals surface area contributed by atoms with E-state index in [2.05, 4.69) is 38.1 Å². The number of anilines is 1. The fourth-order valence-electron chi connectivity index (χ4n) is 2.47. The van der Waals surface area contributed by atoms with E-state index >= 15 is 0 Å². The molecule has 1 unspecified atom stereocenters. The van der Waals surface area contributed by atoms with E-state index in [1.165, 1.54) is 0 Å². The number of nitrogens with one attached hydrogen (secondary N) is 1. The quantitative estimate of drug-likeness (QED) is 0.877. The fourth-order valence-corrected chi connectivity index (χ4v) is 2.71. The van der Waals surface area contributed by atoms with Gasteiger partial charge in [-0.3, -0.25) is 9.69 Å². The first-order valence-electron chi connectivity index (χ1n) is 6.94. The molecule has 1 amide bonds. The number of carbonyl (C=O) groups excluding carboxylic acids is 1. The zero-order valence-corrected chi connectivity index (χ0v) is 13.3. The van der Waals surface area contributed by atoms with Gasteiger partial charge in [0.15, 0.2) is 0 Å². The van der Waals surface area contributed by atoms with Crippen molar-refractivity contribution in [1.29, 1.82) is 0 Å². The molecule has 0 spiro atoms. The molecule has 2 rings (SSSR count). The summed E-state index contributed by atoms with van der Waals surface area (Å²) in [4.78, 5) is 18.3. The Hall–Kier alpha value is -0.980. The van der Waals surface area contributed by atoms with Crippen LogP contribution < -0.4 is 11.1 Å². The molecular formula is C14H21BrN4O. The van der Waals surface area contributed by atoms with Crippen LogP contribution in [0.2, 0.25) is 0 Å². The molecule has 20 heavy (non-hydrogen) atoms. The number of pyridine rings is 1. The van der Waals surface area contributed by atoms with Crippen LogP contribution in [0.25, 0.3) is 0 Å². The van der Waals surface area contributed by atoms with Gasteiger partial charge in [-0.25, -0.2) is 4.98 Å². The van der Waals surface area contributed by atoms with E-state index < -0.39 is 0 Å². The topological polar surface area (TPSA) is 71.2 Å². The second-order valence-electron chi connectivity index (χ2n) is 5.38. The lowest BCUT2D eigenvalue weighted by Gasteiger charge is -2.33. The summed E-state index contributed by atoms with van der Waals surface area (Å²) in [5.74, 6) is 1.16. The van der Waals surface area contributed by atoms with Crippen molar-refractivity contribution >= 4 is 27.7 Å². The van der Waals surface area contributed by atoms with Crippen LogP contribution in [0.4, 0.5) is 5.82 Å².